The highest BCUT2D eigenvalue weighted by Gasteiger charge is 2.03. The molecule has 1 aromatic carbocycles. The molecule has 3 nitrogen and oxygen atoms in total. The average Bonchev–Trinajstić information content (AvgIpc) is 2.53. The summed E-state index contributed by atoms with van der Waals surface area (Å²) >= 11 is 0. The van der Waals surface area contributed by atoms with Gasteiger partial charge in [0.15, 0.2) is 5.88 Å². The lowest BCUT2D eigenvalue weighted by Crippen LogP contribution is -1.86. The van der Waals surface area contributed by atoms with E-state index in [9.17, 15) is 0 Å². The molecule has 2 rings (SSSR count). The summed E-state index contributed by atoms with van der Waals surface area (Å²) in [4.78, 5) is 0. The zero-order chi connectivity index (χ0) is 9.26. The van der Waals surface area contributed by atoms with Crippen LogP contribution in [0.25, 0.3) is 11.1 Å². The number of anilines is 2. The molecule has 0 bridgehead atoms. The van der Waals surface area contributed by atoms with Crippen molar-refractivity contribution in [3.05, 3.63) is 36.6 Å². The van der Waals surface area contributed by atoms with E-state index in [4.69, 9.17) is 15.9 Å². The van der Waals surface area contributed by atoms with Crippen LogP contribution in [0.4, 0.5) is 11.6 Å². The largest absolute Gasteiger partial charge is 0.449 e. The fourth-order valence-corrected chi connectivity index (χ4v) is 1.22. The number of nitrogens with two attached hydrogens (primary N) is 2. The Hall–Kier alpha value is -1.90. The summed E-state index contributed by atoms with van der Waals surface area (Å²) < 4.78 is 5.00. The van der Waals surface area contributed by atoms with Crippen LogP contribution in [0.2, 0.25) is 0 Å². The van der Waals surface area contributed by atoms with Gasteiger partial charge in [-0.1, -0.05) is 12.1 Å². The van der Waals surface area contributed by atoms with Crippen molar-refractivity contribution >= 4 is 11.6 Å². The molecule has 0 saturated heterocycles. The quantitative estimate of drug-likeness (QED) is 0.651. The van der Waals surface area contributed by atoms with Crippen molar-refractivity contribution in [1.29, 1.82) is 0 Å². The number of hydrogen-bond acceptors (Lipinski definition) is 3. The Bertz CT molecular complexity index is 403. The van der Waals surface area contributed by atoms with Crippen molar-refractivity contribution in [2.24, 2.45) is 0 Å². The first-order valence-electron chi connectivity index (χ1n) is 3.96. The molecule has 0 saturated carbocycles. The Balaban J connectivity index is 2.47. The summed E-state index contributed by atoms with van der Waals surface area (Å²) in [7, 11) is 0. The van der Waals surface area contributed by atoms with Gasteiger partial charge in [-0.25, -0.2) is 0 Å². The van der Waals surface area contributed by atoms with Gasteiger partial charge in [0, 0.05) is 11.3 Å². The van der Waals surface area contributed by atoms with Gasteiger partial charge in [-0.3, -0.25) is 0 Å². The molecule has 2 aromatic rings. The molecule has 1 aromatic heterocycles. The van der Waals surface area contributed by atoms with E-state index >= 15 is 0 Å². The predicted octanol–water partition coefficient (Wildman–Crippen LogP) is 2.11. The van der Waals surface area contributed by atoms with Gasteiger partial charge in [-0.2, -0.15) is 0 Å². The van der Waals surface area contributed by atoms with Crippen molar-refractivity contribution in [1.82, 2.24) is 0 Å². The van der Waals surface area contributed by atoms with Crippen LogP contribution >= 0.6 is 0 Å². The standard InChI is InChI=1S/C10H10N2O/c11-8-3-1-7(2-4-8)9-5-6-13-10(9)12/h1-6H,11-12H2. The lowest BCUT2D eigenvalue weighted by atomic mass is 10.1. The Kier molecular flexibility index (Phi) is 1.70. The number of hydrogen-bond donors (Lipinski definition) is 2. The summed E-state index contributed by atoms with van der Waals surface area (Å²) in [6.07, 6.45) is 1.57. The third-order valence-electron chi connectivity index (χ3n) is 1.92. The van der Waals surface area contributed by atoms with Gasteiger partial charge < -0.3 is 15.9 Å². The predicted molar refractivity (Wildman–Crippen MR) is 53.0 cm³/mol. The van der Waals surface area contributed by atoms with Crippen LogP contribution in [-0.2, 0) is 0 Å². The van der Waals surface area contributed by atoms with Crippen LogP contribution in [0.1, 0.15) is 0 Å². The lowest BCUT2D eigenvalue weighted by Gasteiger charge is -1.98. The fraction of sp³-hybridized carbons (Fsp3) is 0. The zero-order valence-corrected chi connectivity index (χ0v) is 7.03. The Morgan fingerprint density at radius 2 is 1.62 bits per heavy atom. The molecule has 0 amide bonds. The number of benzene rings is 1. The van der Waals surface area contributed by atoms with E-state index in [1.807, 2.05) is 30.3 Å². The topological polar surface area (TPSA) is 65.2 Å². The second kappa shape index (κ2) is 2.86. The summed E-state index contributed by atoms with van der Waals surface area (Å²) in [6, 6.07) is 9.33. The van der Waals surface area contributed by atoms with Gasteiger partial charge in [0.2, 0.25) is 0 Å². The molecule has 4 N–H and O–H groups in total. The van der Waals surface area contributed by atoms with Gasteiger partial charge in [0.05, 0.1) is 6.26 Å². The van der Waals surface area contributed by atoms with E-state index in [0.29, 0.717) is 5.88 Å². The molecular weight excluding hydrogens is 164 g/mol. The summed E-state index contributed by atoms with van der Waals surface area (Å²) in [6.45, 7) is 0. The van der Waals surface area contributed by atoms with E-state index in [0.717, 1.165) is 16.8 Å². The van der Waals surface area contributed by atoms with Gasteiger partial charge in [0.25, 0.3) is 0 Å². The first-order valence-corrected chi connectivity index (χ1v) is 3.96. The summed E-state index contributed by atoms with van der Waals surface area (Å²) in [5, 5.41) is 0. The molecule has 0 aliphatic carbocycles. The van der Waals surface area contributed by atoms with Crippen molar-refractivity contribution in [2.45, 2.75) is 0 Å². The second-order valence-electron chi connectivity index (χ2n) is 2.82. The number of furan rings is 1. The minimum absolute atomic E-state index is 0.435. The summed E-state index contributed by atoms with van der Waals surface area (Å²) in [5.74, 6) is 0.435. The SMILES string of the molecule is Nc1ccc(-c2ccoc2N)cc1. The third kappa shape index (κ3) is 1.36. The van der Waals surface area contributed by atoms with Gasteiger partial charge in [0.1, 0.15) is 0 Å². The van der Waals surface area contributed by atoms with Crippen LogP contribution in [-0.4, -0.2) is 0 Å². The van der Waals surface area contributed by atoms with Crippen LogP contribution in [0.3, 0.4) is 0 Å². The highest BCUT2D eigenvalue weighted by atomic mass is 16.3. The molecule has 1 heterocycles. The minimum Gasteiger partial charge on any atom is -0.449 e. The normalized spacial score (nSPS) is 10.2. The molecule has 0 atom stereocenters. The molecule has 66 valence electrons. The maximum Gasteiger partial charge on any atom is 0.197 e. The zero-order valence-electron chi connectivity index (χ0n) is 7.03. The molecule has 0 unspecified atom stereocenters. The third-order valence-corrected chi connectivity index (χ3v) is 1.92. The van der Waals surface area contributed by atoms with Crippen LogP contribution in [0, 0.1) is 0 Å². The first-order chi connectivity index (χ1) is 6.27. The first kappa shape index (κ1) is 7.73. The fourth-order valence-electron chi connectivity index (χ4n) is 1.22. The Labute approximate surface area is 76.0 Å². The van der Waals surface area contributed by atoms with E-state index < -0.39 is 0 Å². The summed E-state index contributed by atoms with van der Waals surface area (Å²) in [5.41, 5.74) is 13.8. The molecular formula is C10H10N2O. The van der Waals surface area contributed by atoms with Crippen molar-refractivity contribution < 1.29 is 4.42 Å². The lowest BCUT2D eigenvalue weighted by molar-refractivity contribution is 0.588. The molecule has 0 fully saturated rings. The second-order valence-corrected chi connectivity index (χ2v) is 2.82. The van der Waals surface area contributed by atoms with E-state index in [1.165, 1.54) is 0 Å². The Morgan fingerprint density at radius 3 is 2.15 bits per heavy atom. The van der Waals surface area contributed by atoms with Crippen molar-refractivity contribution in [3.63, 3.8) is 0 Å². The average molecular weight is 174 g/mol. The number of nitrogen functional groups attached to an aromatic ring is 2. The maximum absolute atomic E-state index is 5.61. The van der Waals surface area contributed by atoms with E-state index in [-0.39, 0.29) is 0 Å². The maximum atomic E-state index is 5.61. The van der Waals surface area contributed by atoms with Gasteiger partial charge >= 0.3 is 0 Å². The molecule has 0 spiro atoms. The molecule has 13 heavy (non-hydrogen) atoms. The van der Waals surface area contributed by atoms with Crippen molar-refractivity contribution in [2.75, 3.05) is 11.5 Å². The molecule has 3 heteroatoms. The van der Waals surface area contributed by atoms with E-state index in [1.54, 1.807) is 6.26 Å². The van der Waals surface area contributed by atoms with E-state index in [2.05, 4.69) is 0 Å². The van der Waals surface area contributed by atoms with Crippen molar-refractivity contribution in [3.8, 4) is 11.1 Å². The van der Waals surface area contributed by atoms with Crippen LogP contribution < -0.4 is 11.5 Å². The highest BCUT2D eigenvalue weighted by Crippen LogP contribution is 2.26. The smallest absolute Gasteiger partial charge is 0.197 e. The highest BCUT2D eigenvalue weighted by molar-refractivity contribution is 5.73. The van der Waals surface area contributed by atoms with Gasteiger partial charge in [-0.15, -0.1) is 0 Å². The van der Waals surface area contributed by atoms with Gasteiger partial charge in [-0.05, 0) is 23.8 Å². The van der Waals surface area contributed by atoms with Crippen LogP contribution in [0.15, 0.2) is 41.0 Å². The monoisotopic (exact) mass is 174 g/mol. The van der Waals surface area contributed by atoms with Crippen LogP contribution in [0.5, 0.6) is 0 Å². The Morgan fingerprint density at radius 1 is 0.923 bits per heavy atom. The minimum atomic E-state index is 0.435. The molecule has 0 aliphatic heterocycles. The number of rotatable bonds is 1. The molecule has 0 aliphatic rings. The molecule has 0 radical (unpaired) electrons.